The van der Waals surface area contributed by atoms with Crippen molar-refractivity contribution in [2.45, 2.75) is 129 Å². The first kappa shape index (κ1) is 54.3. The van der Waals surface area contributed by atoms with Crippen LogP contribution in [0.2, 0.25) is 0 Å². The van der Waals surface area contributed by atoms with E-state index < -0.39 is 40.9 Å². The van der Waals surface area contributed by atoms with Gasteiger partial charge in [-0.2, -0.15) is 0 Å². The molecular weight excluding hydrogens is 775 g/mol. The number of nitrogens with zero attached hydrogens (tertiary/aromatic N) is 1. The van der Waals surface area contributed by atoms with E-state index in [0.717, 1.165) is 67.6 Å². The minimum Gasteiger partial charge on any atom is -0.481 e. The van der Waals surface area contributed by atoms with Crippen molar-refractivity contribution in [2.24, 2.45) is 5.92 Å². The van der Waals surface area contributed by atoms with Crippen LogP contribution in [0.4, 0.5) is 0 Å². The molecule has 3 unspecified atom stereocenters. The van der Waals surface area contributed by atoms with E-state index in [9.17, 15) is 34.2 Å². The number of ketones is 1. The van der Waals surface area contributed by atoms with E-state index in [-0.39, 0.29) is 43.5 Å². The van der Waals surface area contributed by atoms with Crippen LogP contribution in [0.25, 0.3) is 0 Å². The summed E-state index contributed by atoms with van der Waals surface area (Å²) in [5.41, 5.74) is 1.89. The van der Waals surface area contributed by atoms with Gasteiger partial charge in [-0.1, -0.05) is 113 Å². The van der Waals surface area contributed by atoms with E-state index in [0.29, 0.717) is 6.29 Å². The molecule has 0 saturated carbocycles. The Morgan fingerprint density at radius 1 is 0.803 bits per heavy atom. The average molecular weight is 848 g/mol. The summed E-state index contributed by atoms with van der Waals surface area (Å²) < 4.78 is 5.79. The molecule has 3 aromatic carbocycles. The minimum absolute atomic E-state index is 0.0178. The number of carbonyl (C=O) groups is 5. The Hall–Kier alpha value is -4.75. The lowest BCUT2D eigenvalue weighted by atomic mass is 9.72. The molecule has 0 aliphatic carbocycles. The summed E-state index contributed by atoms with van der Waals surface area (Å²) >= 11 is 0. The Morgan fingerprint density at radius 2 is 1.33 bits per heavy atom. The van der Waals surface area contributed by atoms with Crippen molar-refractivity contribution in [1.29, 1.82) is 0 Å². The first-order valence-electron chi connectivity index (χ1n) is 21.7. The Morgan fingerprint density at radius 3 is 1.75 bits per heavy atom. The standard InChI is InChI=1S/C33H41NO4.C12H20N2O5.2C2H6/c1-32(2,31(35)36)26-18-16-25(17-19-26)30(38-3)15-10-22-34-23-20-29(21-24-34)33(37,27-11-6-4-7-12-27)28-13-8-5-9-14-28;1-8(16)9(4-3-7-15)14-12(19)10(13-2)5-6-11(17)18;2*1-2/h4-9,11-14,16-19,29-30,37H,10,15,20-24H2,1-3H3,(H,35,36);7,9-10,13H,3-6H2,1-2H3,(H,14,19)(H,17,18);2*1-2H3. The molecule has 3 aromatic rings. The number of aliphatic carboxylic acids is 2. The molecule has 1 saturated heterocycles. The van der Waals surface area contributed by atoms with Gasteiger partial charge in [-0.15, -0.1) is 0 Å². The summed E-state index contributed by atoms with van der Waals surface area (Å²) in [6.07, 6.45) is 4.88. The fraction of sp³-hybridized carbons (Fsp3) is 0.531. The number of rotatable bonds is 21. The molecule has 3 atom stereocenters. The van der Waals surface area contributed by atoms with E-state index in [1.54, 1.807) is 28.0 Å². The summed E-state index contributed by atoms with van der Waals surface area (Å²) in [6, 6.07) is 26.6. The third kappa shape index (κ3) is 16.9. The lowest BCUT2D eigenvalue weighted by Gasteiger charge is -2.42. The summed E-state index contributed by atoms with van der Waals surface area (Å²) in [4.78, 5) is 58.0. The van der Waals surface area contributed by atoms with Crippen LogP contribution in [0, 0.1) is 5.92 Å². The third-order valence-corrected chi connectivity index (χ3v) is 11.1. The van der Waals surface area contributed by atoms with Gasteiger partial charge in [0, 0.05) is 20.0 Å². The predicted octanol–water partition coefficient (Wildman–Crippen LogP) is 7.71. The highest BCUT2D eigenvalue weighted by atomic mass is 16.5. The lowest BCUT2D eigenvalue weighted by Crippen LogP contribution is -2.49. The normalized spacial score (nSPS) is 14.5. The number of hydrogen-bond acceptors (Lipinski definition) is 9. The molecule has 1 amide bonds. The molecule has 12 nitrogen and oxygen atoms in total. The molecular formula is C49H73N3O9. The van der Waals surface area contributed by atoms with Crippen molar-refractivity contribution >= 4 is 29.9 Å². The molecule has 12 heteroatoms. The van der Waals surface area contributed by atoms with Gasteiger partial charge in [0.05, 0.1) is 23.6 Å². The lowest BCUT2D eigenvalue weighted by molar-refractivity contribution is -0.142. The van der Waals surface area contributed by atoms with Gasteiger partial charge in [0.15, 0.2) is 5.78 Å². The number of aldehydes is 1. The fourth-order valence-electron chi connectivity index (χ4n) is 7.31. The summed E-state index contributed by atoms with van der Waals surface area (Å²) in [7, 11) is 3.28. The van der Waals surface area contributed by atoms with Crippen LogP contribution in [0.5, 0.6) is 0 Å². The first-order valence-corrected chi connectivity index (χ1v) is 21.7. The van der Waals surface area contributed by atoms with Crippen molar-refractivity contribution in [3.63, 3.8) is 0 Å². The number of piperidine rings is 1. The van der Waals surface area contributed by atoms with Crippen molar-refractivity contribution in [2.75, 3.05) is 33.8 Å². The average Bonchev–Trinajstić information content (AvgIpc) is 3.28. The highest BCUT2D eigenvalue weighted by Crippen LogP contribution is 2.42. The maximum atomic E-state index is 12.1. The van der Waals surface area contributed by atoms with Crippen LogP contribution >= 0.6 is 0 Å². The number of carboxylic acids is 2. The molecule has 1 aliphatic rings. The molecule has 0 spiro atoms. The third-order valence-electron chi connectivity index (χ3n) is 11.1. The number of amides is 1. The topological polar surface area (TPSA) is 183 Å². The predicted molar refractivity (Wildman–Crippen MR) is 241 cm³/mol. The van der Waals surface area contributed by atoms with E-state index >= 15 is 0 Å². The number of carboxylic acid groups (broad SMARTS) is 2. The zero-order valence-corrected chi connectivity index (χ0v) is 38.0. The molecule has 338 valence electrons. The molecule has 0 bridgehead atoms. The van der Waals surface area contributed by atoms with Crippen LogP contribution in [0.3, 0.4) is 0 Å². The summed E-state index contributed by atoms with van der Waals surface area (Å²) in [5, 5.41) is 35.4. The fourth-order valence-corrected chi connectivity index (χ4v) is 7.31. The van der Waals surface area contributed by atoms with Gasteiger partial charge < -0.3 is 40.4 Å². The number of likely N-dealkylation sites (N-methyl/N-ethyl adjacent to an activating group) is 1. The van der Waals surface area contributed by atoms with Crippen molar-refractivity contribution in [1.82, 2.24) is 15.5 Å². The van der Waals surface area contributed by atoms with Gasteiger partial charge in [-0.25, -0.2) is 0 Å². The van der Waals surface area contributed by atoms with E-state index in [1.807, 2.05) is 113 Å². The monoisotopic (exact) mass is 848 g/mol. The van der Waals surface area contributed by atoms with Crippen LogP contribution in [0.1, 0.15) is 128 Å². The second-order valence-corrected chi connectivity index (χ2v) is 15.2. The summed E-state index contributed by atoms with van der Waals surface area (Å²) in [6.45, 7) is 15.7. The van der Waals surface area contributed by atoms with Gasteiger partial charge in [-0.3, -0.25) is 19.2 Å². The van der Waals surface area contributed by atoms with Gasteiger partial charge in [0.1, 0.15) is 11.9 Å². The quantitative estimate of drug-likeness (QED) is 0.0663. The molecule has 0 aromatic heterocycles. The molecule has 61 heavy (non-hydrogen) atoms. The number of methoxy groups -OCH3 is 1. The molecule has 1 fully saturated rings. The van der Waals surface area contributed by atoms with E-state index in [2.05, 4.69) is 15.5 Å². The number of hydrogen-bond donors (Lipinski definition) is 5. The van der Waals surface area contributed by atoms with Crippen molar-refractivity contribution in [3.05, 3.63) is 107 Å². The number of carbonyl (C=O) groups excluding carboxylic acids is 3. The summed E-state index contributed by atoms with van der Waals surface area (Å²) in [5.74, 6) is -2.33. The number of aliphatic hydroxyl groups is 1. The highest BCUT2D eigenvalue weighted by molar-refractivity contribution is 5.90. The zero-order valence-electron chi connectivity index (χ0n) is 38.0. The van der Waals surface area contributed by atoms with Gasteiger partial charge in [-0.05, 0) is 114 Å². The maximum absolute atomic E-state index is 12.1. The maximum Gasteiger partial charge on any atom is 0.313 e. The SMILES string of the molecule is CC.CC.CNC(CCC(=O)O)C(=O)NC(CCC=O)C(C)=O.COC(CCCN1CCC(C(O)(c2ccccc2)c2ccccc2)CC1)c1ccc(C(C)(C)C(=O)O)cc1. The number of nitrogens with one attached hydrogen (secondary N) is 2. The Kier molecular flexibility index (Phi) is 25.5. The zero-order chi connectivity index (χ0) is 46.0. The van der Waals surface area contributed by atoms with Crippen LogP contribution in [-0.2, 0) is 39.7 Å². The number of ether oxygens (including phenoxy) is 1. The van der Waals surface area contributed by atoms with Gasteiger partial charge in [0.25, 0.3) is 0 Å². The molecule has 1 heterocycles. The number of Topliss-reactive ketones (excluding diaryl/α,β-unsaturated/α-hetero) is 1. The Labute approximate surface area is 364 Å². The Bertz CT molecular complexity index is 1670. The molecule has 0 radical (unpaired) electrons. The molecule has 4 rings (SSSR count). The Balaban J connectivity index is 0.000000685. The van der Waals surface area contributed by atoms with Gasteiger partial charge in [0.2, 0.25) is 5.91 Å². The molecule has 5 N–H and O–H groups in total. The smallest absolute Gasteiger partial charge is 0.313 e. The first-order chi connectivity index (χ1) is 29.2. The number of likely N-dealkylation sites (tertiary alicyclic amines) is 1. The molecule has 1 aliphatic heterocycles. The van der Waals surface area contributed by atoms with E-state index in [1.165, 1.54) is 6.92 Å². The number of benzene rings is 3. The second kappa shape index (κ2) is 28.7. The van der Waals surface area contributed by atoms with Crippen molar-refractivity contribution < 1.29 is 44.0 Å². The van der Waals surface area contributed by atoms with Crippen LogP contribution in [-0.4, -0.2) is 96.0 Å². The minimum atomic E-state index is -0.989. The van der Waals surface area contributed by atoms with Crippen LogP contribution < -0.4 is 10.6 Å². The van der Waals surface area contributed by atoms with Gasteiger partial charge >= 0.3 is 11.9 Å². The van der Waals surface area contributed by atoms with Crippen molar-refractivity contribution in [3.8, 4) is 0 Å². The second-order valence-electron chi connectivity index (χ2n) is 15.2. The largest absolute Gasteiger partial charge is 0.481 e. The van der Waals surface area contributed by atoms with E-state index in [4.69, 9.17) is 9.84 Å². The highest BCUT2D eigenvalue weighted by Gasteiger charge is 2.41. The van der Waals surface area contributed by atoms with Crippen LogP contribution in [0.15, 0.2) is 84.9 Å².